The number of thiophene rings is 1. The third-order valence-corrected chi connectivity index (χ3v) is 3.81. The van der Waals surface area contributed by atoms with Crippen LogP contribution in [0.4, 0.5) is 0 Å². The molecule has 1 aliphatic rings. The molecule has 1 aromatic heterocycles. The summed E-state index contributed by atoms with van der Waals surface area (Å²) in [4.78, 5) is 0. The molecule has 2 nitrogen and oxygen atoms in total. The Hall–Kier alpha value is -0.850. The second-order valence-electron chi connectivity index (χ2n) is 4.39. The molecular weight excluding hydrogens is 204 g/mol. The van der Waals surface area contributed by atoms with Gasteiger partial charge in [0.25, 0.3) is 0 Å². The van der Waals surface area contributed by atoms with Gasteiger partial charge in [-0.3, -0.25) is 0 Å². The van der Waals surface area contributed by atoms with E-state index in [-0.39, 0.29) is 0 Å². The number of nitriles is 1. The van der Waals surface area contributed by atoms with E-state index in [4.69, 9.17) is 5.26 Å². The van der Waals surface area contributed by atoms with Crippen LogP contribution < -0.4 is 5.32 Å². The van der Waals surface area contributed by atoms with Crippen LogP contribution >= 0.6 is 11.3 Å². The number of nitrogens with one attached hydrogen (secondary N) is 1. The van der Waals surface area contributed by atoms with E-state index in [0.29, 0.717) is 5.41 Å². The highest BCUT2D eigenvalue weighted by Crippen LogP contribution is 2.47. The molecule has 0 aliphatic heterocycles. The van der Waals surface area contributed by atoms with Crippen molar-refractivity contribution in [3.8, 4) is 6.07 Å². The SMILES string of the molecule is N#CCC1(CNCCc2ccsc2)CC1. The zero-order chi connectivity index (χ0) is 10.6. The fraction of sp³-hybridized carbons (Fsp3) is 0.583. The van der Waals surface area contributed by atoms with Gasteiger partial charge in [0.2, 0.25) is 0 Å². The van der Waals surface area contributed by atoms with Crippen LogP contribution in [0, 0.1) is 16.7 Å². The summed E-state index contributed by atoms with van der Waals surface area (Å²) in [5, 5.41) is 16.5. The van der Waals surface area contributed by atoms with E-state index in [9.17, 15) is 0 Å². The van der Waals surface area contributed by atoms with Crippen LogP contribution in [0.1, 0.15) is 24.8 Å². The van der Waals surface area contributed by atoms with Crippen LogP contribution in [-0.4, -0.2) is 13.1 Å². The van der Waals surface area contributed by atoms with Crippen molar-refractivity contribution in [2.24, 2.45) is 5.41 Å². The van der Waals surface area contributed by atoms with Gasteiger partial charge in [0.15, 0.2) is 0 Å². The van der Waals surface area contributed by atoms with E-state index in [2.05, 4.69) is 28.2 Å². The number of rotatable bonds is 6. The first-order chi connectivity index (χ1) is 7.35. The lowest BCUT2D eigenvalue weighted by Gasteiger charge is -2.11. The molecular formula is C12H16N2S. The quantitative estimate of drug-likeness (QED) is 0.748. The van der Waals surface area contributed by atoms with Gasteiger partial charge in [0.05, 0.1) is 6.07 Å². The third-order valence-electron chi connectivity index (χ3n) is 3.08. The summed E-state index contributed by atoms with van der Waals surface area (Å²) in [6.45, 7) is 2.05. The molecule has 0 unspecified atom stereocenters. The Balaban J connectivity index is 1.62. The third kappa shape index (κ3) is 3.05. The Kier molecular flexibility index (Phi) is 3.40. The lowest BCUT2D eigenvalue weighted by atomic mass is 10.0. The molecule has 0 bridgehead atoms. The second-order valence-corrected chi connectivity index (χ2v) is 5.17. The standard InChI is InChI=1S/C12H16N2S/c13-6-5-12(3-4-12)10-14-7-1-11-2-8-15-9-11/h2,8-9,14H,1,3-5,7,10H2. The number of hydrogen-bond donors (Lipinski definition) is 1. The number of hydrogen-bond acceptors (Lipinski definition) is 3. The van der Waals surface area contributed by atoms with Crippen LogP contribution in [-0.2, 0) is 6.42 Å². The topological polar surface area (TPSA) is 35.8 Å². The van der Waals surface area contributed by atoms with Crippen molar-refractivity contribution in [1.82, 2.24) is 5.32 Å². The molecule has 3 heteroatoms. The van der Waals surface area contributed by atoms with Crippen molar-refractivity contribution >= 4 is 11.3 Å². The minimum absolute atomic E-state index is 0.337. The van der Waals surface area contributed by atoms with Crippen molar-refractivity contribution in [1.29, 1.82) is 5.26 Å². The van der Waals surface area contributed by atoms with Gasteiger partial charge < -0.3 is 5.32 Å². The van der Waals surface area contributed by atoms with Gasteiger partial charge in [0.1, 0.15) is 0 Å². The molecule has 1 saturated carbocycles. The lowest BCUT2D eigenvalue weighted by Crippen LogP contribution is -2.25. The zero-order valence-corrected chi connectivity index (χ0v) is 9.65. The average Bonchev–Trinajstić information content (AvgIpc) is 2.80. The summed E-state index contributed by atoms with van der Waals surface area (Å²) in [6, 6.07) is 4.46. The second kappa shape index (κ2) is 4.78. The highest BCUT2D eigenvalue weighted by molar-refractivity contribution is 7.07. The Labute approximate surface area is 94.9 Å². The molecule has 80 valence electrons. The largest absolute Gasteiger partial charge is 0.316 e. The maximum atomic E-state index is 8.67. The first kappa shape index (κ1) is 10.7. The van der Waals surface area contributed by atoms with Gasteiger partial charge in [-0.1, -0.05) is 0 Å². The molecule has 0 atom stereocenters. The van der Waals surface area contributed by atoms with Crippen LogP contribution in [0.15, 0.2) is 16.8 Å². The van der Waals surface area contributed by atoms with E-state index in [1.807, 2.05) is 0 Å². The molecule has 15 heavy (non-hydrogen) atoms. The van der Waals surface area contributed by atoms with Crippen molar-refractivity contribution < 1.29 is 0 Å². The van der Waals surface area contributed by atoms with Gasteiger partial charge in [-0.25, -0.2) is 0 Å². The van der Waals surface area contributed by atoms with E-state index < -0.39 is 0 Å². The smallest absolute Gasteiger partial charge is 0.0628 e. The first-order valence-electron chi connectivity index (χ1n) is 5.43. The minimum atomic E-state index is 0.337. The Morgan fingerprint density at radius 2 is 2.40 bits per heavy atom. The molecule has 1 aliphatic carbocycles. The Morgan fingerprint density at radius 1 is 1.53 bits per heavy atom. The van der Waals surface area contributed by atoms with Crippen molar-refractivity contribution in [2.75, 3.05) is 13.1 Å². The van der Waals surface area contributed by atoms with Crippen molar-refractivity contribution in [3.63, 3.8) is 0 Å². The summed E-state index contributed by atoms with van der Waals surface area (Å²) in [5.41, 5.74) is 1.75. The summed E-state index contributed by atoms with van der Waals surface area (Å²) >= 11 is 1.75. The number of nitrogens with zero attached hydrogens (tertiary/aromatic N) is 1. The maximum absolute atomic E-state index is 8.67. The van der Waals surface area contributed by atoms with Gasteiger partial charge in [-0.2, -0.15) is 16.6 Å². The predicted octanol–water partition coefficient (Wildman–Crippen LogP) is 2.57. The summed E-state index contributed by atoms with van der Waals surface area (Å²) < 4.78 is 0. The highest BCUT2D eigenvalue weighted by Gasteiger charge is 2.41. The summed E-state index contributed by atoms with van der Waals surface area (Å²) in [5.74, 6) is 0. The zero-order valence-electron chi connectivity index (χ0n) is 8.83. The van der Waals surface area contributed by atoms with Gasteiger partial charge >= 0.3 is 0 Å². The average molecular weight is 220 g/mol. The van der Waals surface area contributed by atoms with E-state index in [1.165, 1.54) is 18.4 Å². The molecule has 0 aromatic carbocycles. The highest BCUT2D eigenvalue weighted by atomic mass is 32.1. The van der Waals surface area contributed by atoms with Crippen LogP contribution in [0.25, 0.3) is 0 Å². The molecule has 0 amide bonds. The lowest BCUT2D eigenvalue weighted by molar-refractivity contribution is 0.469. The van der Waals surface area contributed by atoms with Crippen LogP contribution in [0.5, 0.6) is 0 Å². The Bertz CT molecular complexity index is 333. The maximum Gasteiger partial charge on any atom is 0.0628 e. The van der Waals surface area contributed by atoms with E-state index in [1.54, 1.807) is 11.3 Å². The van der Waals surface area contributed by atoms with E-state index in [0.717, 1.165) is 25.9 Å². The van der Waals surface area contributed by atoms with Crippen molar-refractivity contribution in [2.45, 2.75) is 25.7 Å². The monoisotopic (exact) mass is 220 g/mol. The van der Waals surface area contributed by atoms with Gasteiger partial charge in [-0.15, -0.1) is 0 Å². The van der Waals surface area contributed by atoms with E-state index >= 15 is 0 Å². The predicted molar refractivity (Wildman–Crippen MR) is 62.8 cm³/mol. The van der Waals surface area contributed by atoms with Crippen molar-refractivity contribution in [3.05, 3.63) is 22.4 Å². The molecule has 2 rings (SSSR count). The Morgan fingerprint density at radius 3 is 3.00 bits per heavy atom. The van der Waals surface area contributed by atoms with Gasteiger partial charge in [-0.05, 0) is 53.6 Å². The normalized spacial score (nSPS) is 17.3. The van der Waals surface area contributed by atoms with Crippen LogP contribution in [0.2, 0.25) is 0 Å². The molecule has 0 saturated heterocycles. The fourth-order valence-corrected chi connectivity index (χ4v) is 2.48. The molecule has 0 spiro atoms. The summed E-state index contributed by atoms with van der Waals surface area (Å²) in [7, 11) is 0. The molecule has 1 heterocycles. The minimum Gasteiger partial charge on any atom is -0.316 e. The van der Waals surface area contributed by atoms with Crippen LogP contribution in [0.3, 0.4) is 0 Å². The van der Waals surface area contributed by atoms with Gasteiger partial charge in [0, 0.05) is 13.0 Å². The molecule has 0 radical (unpaired) electrons. The fourth-order valence-electron chi connectivity index (χ4n) is 1.78. The first-order valence-corrected chi connectivity index (χ1v) is 6.38. The molecule has 1 N–H and O–H groups in total. The molecule has 1 aromatic rings. The molecule has 1 fully saturated rings. The summed E-state index contributed by atoms with van der Waals surface area (Å²) in [6.07, 6.45) is 4.28.